The maximum Gasteiger partial charge on any atom is 0.219 e. The van der Waals surface area contributed by atoms with Crippen molar-refractivity contribution >= 4 is 5.91 Å². The van der Waals surface area contributed by atoms with Crippen LogP contribution in [0, 0.1) is 16.7 Å². The number of nitrogens with two attached hydrogens (primary N) is 1. The minimum Gasteiger partial charge on any atom is -0.370 e. The van der Waals surface area contributed by atoms with Crippen LogP contribution in [0.1, 0.15) is 20.3 Å². The summed E-state index contributed by atoms with van der Waals surface area (Å²) in [6.45, 7) is 3.36. The molecule has 0 aromatic rings. The van der Waals surface area contributed by atoms with Gasteiger partial charge in [-0.25, -0.2) is 0 Å². The summed E-state index contributed by atoms with van der Waals surface area (Å²) in [5.74, 6) is -0.429. The van der Waals surface area contributed by atoms with Crippen LogP contribution in [0.2, 0.25) is 0 Å². The Kier molecular flexibility index (Phi) is 2.20. The zero-order chi connectivity index (χ0) is 7.49. The van der Waals surface area contributed by atoms with E-state index in [2.05, 4.69) is 0 Å². The minimum absolute atomic E-state index is 0.128. The molecule has 3 heteroatoms. The maximum absolute atomic E-state index is 10.2. The van der Waals surface area contributed by atoms with Crippen LogP contribution in [0.15, 0.2) is 0 Å². The van der Waals surface area contributed by atoms with E-state index in [1.54, 1.807) is 13.8 Å². The van der Waals surface area contributed by atoms with Crippen LogP contribution in [-0.4, -0.2) is 5.91 Å². The van der Waals surface area contributed by atoms with Crippen molar-refractivity contribution in [3.05, 3.63) is 0 Å². The van der Waals surface area contributed by atoms with E-state index in [1.807, 2.05) is 6.07 Å². The predicted molar refractivity (Wildman–Crippen MR) is 33.2 cm³/mol. The Labute approximate surface area is 54.5 Å². The third-order valence-electron chi connectivity index (χ3n) is 0.919. The molecule has 1 amide bonds. The van der Waals surface area contributed by atoms with E-state index in [1.165, 1.54) is 0 Å². The zero-order valence-electron chi connectivity index (χ0n) is 5.64. The van der Waals surface area contributed by atoms with Gasteiger partial charge in [-0.15, -0.1) is 0 Å². The number of nitriles is 1. The van der Waals surface area contributed by atoms with Gasteiger partial charge in [0.2, 0.25) is 5.91 Å². The van der Waals surface area contributed by atoms with Gasteiger partial charge in [0.15, 0.2) is 0 Å². The van der Waals surface area contributed by atoms with E-state index >= 15 is 0 Å². The highest BCUT2D eigenvalue weighted by molar-refractivity contribution is 5.74. The number of hydrogen-bond donors (Lipinski definition) is 1. The standard InChI is InChI=1S/C6H10N2O/c1-6(2,4-7)3-5(8)9/h3H2,1-2H3,(H2,8,9). The molecule has 0 unspecified atom stereocenters. The lowest BCUT2D eigenvalue weighted by atomic mass is 9.91. The first-order valence-corrected chi connectivity index (χ1v) is 2.67. The summed E-state index contributed by atoms with van der Waals surface area (Å²) in [6, 6.07) is 1.97. The number of carbonyl (C=O) groups is 1. The number of primary amides is 1. The fraction of sp³-hybridized carbons (Fsp3) is 0.667. The van der Waals surface area contributed by atoms with E-state index in [0.29, 0.717) is 0 Å². The molecule has 0 aliphatic rings. The summed E-state index contributed by atoms with van der Waals surface area (Å²) < 4.78 is 0. The molecule has 0 atom stereocenters. The Balaban J connectivity index is 3.91. The molecule has 0 aromatic carbocycles. The van der Waals surface area contributed by atoms with Gasteiger partial charge in [0, 0.05) is 6.42 Å². The van der Waals surface area contributed by atoms with Gasteiger partial charge in [-0.05, 0) is 13.8 Å². The lowest BCUT2D eigenvalue weighted by molar-refractivity contribution is -0.119. The quantitative estimate of drug-likeness (QED) is 0.582. The van der Waals surface area contributed by atoms with Gasteiger partial charge in [-0.1, -0.05) is 0 Å². The molecular weight excluding hydrogens is 116 g/mol. The van der Waals surface area contributed by atoms with Crippen molar-refractivity contribution < 1.29 is 4.79 Å². The van der Waals surface area contributed by atoms with Crippen LogP contribution < -0.4 is 5.73 Å². The Hall–Kier alpha value is -1.04. The van der Waals surface area contributed by atoms with Crippen molar-refractivity contribution in [1.82, 2.24) is 0 Å². The molecule has 0 aliphatic carbocycles. The lowest BCUT2D eigenvalue weighted by Crippen LogP contribution is -2.20. The first-order chi connectivity index (χ1) is 3.98. The number of carbonyl (C=O) groups excluding carboxylic acids is 1. The number of rotatable bonds is 2. The smallest absolute Gasteiger partial charge is 0.219 e. The molecule has 0 radical (unpaired) electrons. The summed E-state index contributed by atoms with van der Waals surface area (Å²) in [6.07, 6.45) is 0.128. The van der Waals surface area contributed by atoms with Gasteiger partial charge in [0.05, 0.1) is 11.5 Å². The molecule has 0 rings (SSSR count). The Bertz CT molecular complexity index is 155. The average Bonchev–Trinajstić information content (AvgIpc) is 1.63. The third-order valence-corrected chi connectivity index (χ3v) is 0.919. The fourth-order valence-electron chi connectivity index (χ4n) is 0.475. The van der Waals surface area contributed by atoms with Gasteiger partial charge < -0.3 is 5.73 Å². The summed E-state index contributed by atoms with van der Waals surface area (Å²) in [4.78, 5) is 10.2. The van der Waals surface area contributed by atoms with Crippen LogP contribution in [0.4, 0.5) is 0 Å². The SMILES string of the molecule is CC(C)(C#N)CC(N)=O. The molecule has 0 fully saturated rings. The summed E-state index contributed by atoms with van der Waals surface area (Å²) in [5, 5.41) is 8.39. The van der Waals surface area contributed by atoms with Crippen LogP contribution in [-0.2, 0) is 4.79 Å². The van der Waals surface area contributed by atoms with E-state index in [9.17, 15) is 4.79 Å². The molecule has 0 saturated carbocycles. The molecule has 50 valence electrons. The average molecular weight is 126 g/mol. The fourth-order valence-corrected chi connectivity index (χ4v) is 0.475. The summed E-state index contributed by atoms with van der Waals surface area (Å²) in [5.41, 5.74) is 4.26. The van der Waals surface area contributed by atoms with Crippen molar-refractivity contribution in [3.63, 3.8) is 0 Å². The Morgan fingerprint density at radius 1 is 1.78 bits per heavy atom. The van der Waals surface area contributed by atoms with Crippen molar-refractivity contribution in [3.8, 4) is 6.07 Å². The molecule has 0 spiro atoms. The van der Waals surface area contributed by atoms with Crippen LogP contribution in [0.3, 0.4) is 0 Å². The maximum atomic E-state index is 10.2. The van der Waals surface area contributed by atoms with E-state index in [0.717, 1.165) is 0 Å². The second-order valence-electron chi connectivity index (χ2n) is 2.64. The van der Waals surface area contributed by atoms with Crippen molar-refractivity contribution in [2.75, 3.05) is 0 Å². The van der Waals surface area contributed by atoms with Crippen LogP contribution >= 0.6 is 0 Å². The topological polar surface area (TPSA) is 66.9 Å². The van der Waals surface area contributed by atoms with E-state index < -0.39 is 11.3 Å². The van der Waals surface area contributed by atoms with E-state index in [4.69, 9.17) is 11.0 Å². The molecular formula is C6H10N2O. The minimum atomic E-state index is -0.605. The molecule has 0 saturated heterocycles. The molecule has 2 N–H and O–H groups in total. The molecule has 9 heavy (non-hydrogen) atoms. The van der Waals surface area contributed by atoms with E-state index in [-0.39, 0.29) is 6.42 Å². The largest absolute Gasteiger partial charge is 0.370 e. The van der Waals surface area contributed by atoms with Gasteiger partial charge in [0.25, 0.3) is 0 Å². The first-order valence-electron chi connectivity index (χ1n) is 2.67. The van der Waals surface area contributed by atoms with Crippen molar-refractivity contribution in [1.29, 1.82) is 5.26 Å². The van der Waals surface area contributed by atoms with Gasteiger partial charge in [-0.2, -0.15) is 5.26 Å². The Morgan fingerprint density at radius 2 is 2.22 bits per heavy atom. The second kappa shape index (κ2) is 2.49. The highest BCUT2D eigenvalue weighted by Gasteiger charge is 2.18. The van der Waals surface area contributed by atoms with Crippen molar-refractivity contribution in [2.24, 2.45) is 11.1 Å². The highest BCUT2D eigenvalue weighted by atomic mass is 16.1. The third kappa shape index (κ3) is 3.53. The van der Waals surface area contributed by atoms with Gasteiger partial charge in [-0.3, -0.25) is 4.79 Å². The Morgan fingerprint density at radius 3 is 2.33 bits per heavy atom. The normalized spacial score (nSPS) is 10.3. The molecule has 0 bridgehead atoms. The lowest BCUT2D eigenvalue weighted by Gasteiger charge is -2.10. The van der Waals surface area contributed by atoms with Gasteiger partial charge in [0.1, 0.15) is 0 Å². The molecule has 3 nitrogen and oxygen atoms in total. The zero-order valence-corrected chi connectivity index (χ0v) is 5.64. The number of hydrogen-bond acceptors (Lipinski definition) is 2. The highest BCUT2D eigenvalue weighted by Crippen LogP contribution is 2.16. The molecule has 0 aromatic heterocycles. The predicted octanol–water partition coefficient (Wildman–Crippen LogP) is 0.412. The van der Waals surface area contributed by atoms with Crippen LogP contribution in [0.25, 0.3) is 0 Å². The second-order valence-corrected chi connectivity index (χ2v) is 2.64. The van der Waals surface area contributed by atoms with Gasteiger partial charge >= 0.3 is 0 Å². The number of amides is 1. The van der Waals surface area contributed by atoms with Crippen molar-refractivity contribution in [2.45, 2.75) is 20.3 Å². The summed E-state index contributed by atoms with van der Waals surface area (Å²) in [7, 11) is 0. The molecule has 0 heterocycles. The first kappa shape index (κ1) is 7.96. The van der Waals surface area contributed by atoms with Crippen LogP contribution in [0.5, 0.6) is 0 Å². The summed E-state index contributed by atoms with van der Waals surface area (Å²) >= 11 is 0. The monoisotopic (exact) mass is 126 g/mol. The molecule has 0 aliphatic heterocycles. The number of nitrogens with zero attached hydrogens (tertiary/aromatic N) is 1.